The molecule has 0 radical (unpaired) electrons. The first-order valence-corrected chi connectivity index (χ1v) is 8.76. The molecule has 0 aliphatic carbocycles. The van der Waals surface area contributed by atoms with E-state index in [0.29, 0.717) is 16.5 Å². The number of pyridine rings is 1. The average molecular weight is 400 g/mol. The highest BCUT2D eigenvalue weighted by molar-refractivity contribution is 9.10. The Morgan fingerprint density at radius 2 is 2.25 bits per heavy atom. The van der Waals surface area contributed by atoms with Crippen molar-refractivity contribution in [2.45, 2.75) is 31.8 Å². The number of carbonyl (C=O) groups is 2. The summed E-state index contributed by atoms with van der Waals surface area (Å²) in [6, 6.07) is 1.23. The highest BCUT2D eigenvalue weighted by Gasteiger charge is 2.49. The van der Waals surface area contributed by atoms with Crippen LogP contribution in [0.3, 0.4) is 0 Å². The molecule has 2 fully saturated rings. The number of aromatic nitrogens is 1. The van der Waals surface area contributed by atoms with Crippen LogP contribution in [0.25, 0.3) is 0 Å². The minimum atomic E-state index is -0.626. The second-order valence-electron chi connectivity index (χ2n) is 6.34. The molecule has 6 nitrogen and oxygen atoms in total. The Morgan fingerprint density at radius 3 is 3.00 bits per heavy atom. The minimum absolute atomic E-state index is 0.0375. The van der Waals surface area contributed by atoms with Gasteiger partial charge in [-0.2, -0.15) is 4.39 Å². The zero-order valence-electron chi connectivity index (χ0n) is 13.1. The van der Waals surface area contributed by atoms with Crippen molar-refractivity contribution in [1.29, 1.82) is 0 Å². The number of hydrogen-bond donors (Lipinski definition) is 2. The summed E-state index contributed by atoms with van der Waals surface area (Å²) in [6.07, 6.45) is 3.27. The highest BCUT2D eigenvalue weighted by atomic mass is 79.9. The van der Waals surface area contributed by atoms with E-state index in [4.69, 9.17) is 4.74 Å². The third kappa shape index (κ3) is 3.75. The van der Waals surface area contributed by atoms with Crippen molar-refractivity contribution in [3.05, 3.63) is 28.2 Å². The molecule has 2 saturated heterocycles. The monoisotopic (exact) mass is 399 g/mol. The Kier molecular flexibility index (Phi) is 5.15. The van der Waals surface area contributed by atoms with E-state index >= 15 is 0 Å². The molecule has 1 spiro atoms. The van der Waals surface area contributed by atoms with Crippen LogP contribution < -0.4 is 10.6 Å². The summed E-state index contributed by atoms with van der Waals surface area (Å²) in [6.45, 7) is 1.91. The van der Waals surface area contributed by atoms with Crippen LogP contribution in [0.1, 0.15) is 24.8 Å². The number of cyclic esters (lactones) is 1. The van der Waals surface area contributed by atoms with Crippen LogP contribution in [0.2, 0.25) is 0 Å². The first kappa shape index (κ1) is 17.3. The van der Waals surface area contributed by atoms with E-state index in [-0.39, 0.29) is 30.9 Å². The molecule has 2 aliphatic rings. The number of nitrogens with zero attached hydrogens (tertiary/aromatic N) is 1. The van der Waals surface area contributed by atoms with Crippen LogP contribution in [-0.4, -0.2) is 42.6 Å². The molecule has 1 amide bonds. The summed E-state index contributed by atoms with van der Waals surface area (Å²) in [5.41, 5.74) is 0.135. The highest BCUT2D eigenvalue weighted by Crippen LogP contribution is 2.41. The van der Waals surface area contributed by atoms with E-state index in [1.54, 1.807) is 0 Å². The Hall–Kier alpha value is -1.54. The fraction of sp³-hybridized carbons (Fsp3) is 0.562. The first-order chi connectivity index (χ1) is 11.5. The molecule has 1 unspecified atom stereocenters. The van der Waals surface area contributed by atoms with E-state index in [1.165, 1.54) is 12.3 Å². The molecule has 2 N–H and O–H groups in total. The lowest BCUT2D eigenvalue weighted by atomic mass is 9.76. The van der Waals surface area contributed by atoms with Gasteiger partial charge in [-0.25, -0.2) is 4.98 Å². The lowest BCUT2D eigenvalue weighted by Crippen LogP contribution is -2.40. The van der Waals surface area contributed by atoms with Crippen molar-refractivity contribution >= 4 is 27.8 Å². The molecule has 1 aromatic rings. The Bertz CT molecular complexity index is 649. The van der Waals surface area contributed by atoms with E-state index < -0.39 is 11.4 Å². The molecule has 3 rings (SSSR count). The van der Waals surface area contributed by atoms with Crippen molar-refractivity contribution in [1.82, 2.24) is 15.6 Å². The van der Waals surface area contributed by atoms with Crippen LogP contribution in [0, 0.1) is 11.4 Å². The fourth-order valence-corrected chi connectivity index (χ4v) is 3.67. The molecule has 8 heteroatoms. The number of rotatable bonds is 4. The van der Waals surface area contributed by atoms with Gasteiger partial charge < -0.3 is 15.4 Å². The van der Waals surface area contributed by atoms with Crippen LogP contribution >= 0.6 is 15.9 Å². The van der Waals surface area contributed by atoms with E-state index in [1.807, 2.05) is 0 Å². The fourth-order valence-electron chi connectivity index (χ4n) is 3.31. The molecule has 24 heavy (non-hydrogen) atoms. The summed E-state index contributed by atoms with van der Waals surface area (Å²) in [5, 5.41) is 6.01. The van der Waals surface area contributed by atoms with Gasteiger partial charge in [0.2, 0.25) is 11.9 Å². The van der Waals surface area contributed by atoms with Crippen LogP contribution in [-0.2, 0) is 20.7 Å². The van der Waals surface area contributed by atoms with E-state index in [9.17, 15) is 14.0 Å². The zero-order chi connectivity index (χ0) is 17.2. The summed E-state index contributed by atoms with van der Waals surface area (Å²) >= 11 is 3.25. The van der Waals surface area contributed by atoms with Gasteiger partial charge in [0.05, 0.1) is 18.4 Å². The van der Waals surface area contributed by atoms with Crippen molar-refractivity contribution < 1.29 is 18.7 Å². The number of piperidine rings is 1. The molecule has 130 valence electrons. The van der Waals surface area contributed by atoms with Gasteiger partial charge in [0.15, 0.2) is 0 Å². The molecular weight excluding hydrogens is 381 g/mol. The lowest BCUT2D eigenvalue weighted by molar-refractivity contribution is -0.150. The van der Waals surface area contributed by atoms with Gasteiger partial charge in [0, 0.05) is 17.1 Å². The summed E-state index contributed by atoms with van der Waals surface area (Å²) in [4.78, 5) is 27.7. The van der Waals surface area contributed by atoms with Crippen molar-refractivity contribution in [3.8, 4) is 0 Å². The summed E-state index contributed by atoms with van der Waals surface area (Å²) < 4.78 is 19.2. The third-order valence-electron chi connectivity index (χ3n) is 4.67. The van der Waals surface area contributed by atoms with Crippen molar-refractivity contribution in [3.63, 3.8) is 0 Å². The molecule has 3 heterocycles. The normalized spacial score (nSPS) is 22.4. The van der Waals surface area contributed by atoms with Gasteiger partial charge in [0.25, 0.3) is 0 Å². The molecule has 0 saturated carbocycles. The number of ether oxygens (including phenoxy) is 1. The molecule has 1 aromatic heterocycles. The van der Waals surface area contributed by atoms with Gasteiger partial charge in [-0.15, -0.1) is 0 Å². The number of halogens is 2. The number of amides is 1. The van der Waals surface area contributed by atoms with E-state index in [0.717, 1.165) is 25.9 Å². The number of carbonyl (C=O) groups excluding carboxylic acids is 2. The van der Waals surface area contributed by atoms with Crippen LogP contribution in [0.5, 0.6) is 0 Å². The maximum Gasteiger partial charge on any atom is 0.312 e. The molecule has 1 atom stereocenters. The van der Waals surface area contributed by atoms with Gasteiger partial charge in [0.1, 0.15) is 6.10 Å². The maximum absolute atomic E-state index is 13.1. The van der Waals surface area contributed by atoms with Gasteiger partial charge >= 0.3 is 5.97 Å². The smallest absolute Gasteiger partial charge is 0.312 e. The number of nitrogens with one attached hydrogen (secondary N) is 2. The van der Waals surface area contributed by atoms with E-state index in [2.05, 4.69) is 31.5 Å². The summed E-state index contributed by atoms with van der Waals surface area (Å²) in [7, 11) is 0. The predicted molar refractivity (Wildman–Crippen MR) is 87.6 cm³/mol. The molecular formula is C16H19BrFN3O3. The minimum Gasteiger partial charge on any atom is -0.460 e. The zero-order valence-corrected chi connectivity index (χ0v) is 14.7. The second-order valence-corrected chi connectivity index (χ2v) is 7.20. The quantitative estimate of drug-likeness (QED) is 0.589. The third-order valence-corrected chi connectivity index (χ3v) is 5.38. The summed E-state index contributed by atoms with van der Waals surface area (Å²) in [5.74, 6) is -1.02. The lowest BCUT2D eigenvalue weighted by Gasteiger charge is -2.29. The second kappa shape index (κ2) is 7.14. The Labute approximate surface area is 147 Å². The largest absolute Gasteiger partial charge is 0.460 e. The molecule has 0 aromatic carbocycles. The van der Waals surface area contributed by atoms with Crippen LogP contribution in [0.15, 0.2) is 16.7 Å². The molecule has 2 aliphatic heterocycles. The standard InChI is InChI=1S/C16H19BrFN3O3/c17-12-9-20-13(18)5-10(12)6-14(22)21-8-11-7-16(15(23)24-11)1-3-19-4-2-16/h5,9,11,19H,1-4,6-8H2,(H,21,22). The SMILES string of the molecule is O=C(Cc1cc(F)ncc1Br)NCC1CC2(CCNCC2)C(=O)O1. The molecule has 0 bridgehead atoms. The van der Waals surface area contributed by atoms with Gasteiger partial charge in [-0.3, -0.25) is 9.59 Å². The number of hydrogen-bond acceptors (Lipinski definition) is 5. The maximum atomic E-state index is 13.1. The van der Waals surface area contributed by atoms with Gasteiger partial charge in [-0.05, 0) is 53.5 Å². The Balaban J connectivity index is 1.52. The first-order valence-electron chi connectivity index (χ1n) is 7.97. The number of esters is 1. The Morgan fingerprint density at radius 1 is 1.50 bits per heavy atom. The van der Waals surface area contributed by atoms with Gasteiger partial charge in [-0.1, -0.05) is 0 Å². The average Bonchev–Trinajstić information content (AvgIpc) is 2.85. The topological polar surface area (TPSA) is 80.3 Å². The van der Waals surface area contributed by atoms with Crippen molar-refractivity contribution in [2.75, 3.05) is 19.6 Å². The van der Waals surface area contributed by atoms with Crippen molar-refractivity contribution in [2.24, 2.45) is 5.41 Å². The van der Waals surface area contributed by atoms with Crippen LogP contribution in [0.4, 0.5) is 4.39 Å². The predicted octanol–water partition coefficient (Wildman–Crippen LogP) is 1.33.